The van der Waals surface area contributed by atoms with E-state index in [9.17, 15) is 27.7 Å². The Hall–Kier alpha value is -1.15. The molecule has 3 N–H and O–H groups in total. The number of carboxylic acids is 2. The van der Waals surface area contributed by atoms with Gasteiger partial charge in [-0.15, -0.1) is 0 Å². The summed E-state index contributed by atoms with van der Waals surface area (Å²) in [5, 5.41) is 18.4. The molecule has 0 amide bonds. The zero-order valence-electron chi connectivity index (χ0n) is 13.7. The maximum Gasteiger partial charge on any atom is 0.328 e. The second-order valence-electron chi connectivity index (χ2n) is 7.23. The van der Waals surface area contributed by atoms with E-state index < -0.39 is 32.7 Å². The Bertz CT molecular complexity index is 518. The van der Waals surface area contributed by atoms with Gasteiger partial charge in [-0.3, -0.25) is 14.1 Å². The molecular formula is C14H26O7S. The van der Waals surface area contributed by atoms with E-state index in [0.717, 1.165) is 13.3 Å². The van der Waals surface area contributed by atoms with E-state index in [1.165, 1.54) is 0 Å². The smallest absolute Gasteiger partial charge is 0.328 e. The van der Waals surface area contributed by atoms with Gasteiger partial charge in [0.25, 0.3) is 10.1 Å². The van der Waals surface area contributed by atoms with Crippen LogP contribution in [0.5, 0.6) is 0 Å². The maximum atomic E-state index is 11.4. The molecule has 0 aliphatic rings. The third kappa shape index (κ3) is 5.24. The molecule has 0 heterocycles. The predicted octanol–water partition coefficient (Wildman–Crippen LogP) is 2.27. The Morgan fingerprint density at radius 3 is 1.77 bits per heavy atom. The summed E-state index contributed by atoms with van der Waals surface area (Å²) in [6.45, 7) is 8.71. The van der Waals surface area contributed by atoms with Crippen molar-refractivity contribution in [3.63, 3.8) is 0 Å². The highest BCUT2D eigenvalue weighted by Gasteiger charge is 2.55. The van der Waals surface area contributed by atoms with Gasteiger partial charge >= 0.3 is 11.9 Å². The van der Waals surface area contributed by atoms with Crippen LogP contribution in [0, 0.1) is 17.3 Å². The second-order valence-corrected chi connectivity index (χ2v) is 9.02. The summed E-state index contributed by atoms with van der Waals surface area (Å²) in [7, 11) is -5.07. The first-order valence-electron chi connectivity index (χ1n) is 7.06. The summed E-state index contributed by atoms with van der Waals surface area (Å²) in [6.07, 6.45) is 0.997. The Labute approximate surface area is 131 Å². The number of hydrogen-bond acceptors (Lipinski definition) is 4. The van der Waals surface area contributed by atoms with Crippen LogP contribution in [0.1, 0.15) is 53.9 Å². The minimum Gasteiger partial charge on any atom is -0.481 e. The van der Waals surface area contributed by atoms with Gasteiger partial charge in [0.2, 0.25) is 4.75 Å². The molecule has 22 heavy (non-hydrogen) atoms. The van der Waals surface area contributed by atoms with Crippen LogP contribution < -0.4 is 0 Å². The van der Waals surface area contributed by atoms with Crippen LogP contribution in [0.4, 0.5) is 0 Å². The quantitative estimate of drug-likeness (QED) is 0.579. The molecule has 3 unspecified atom stereocenters. The molecule has 0 aromatic heterocycles. The molecule has 8 heteroatoms. The summed E-state index contributed by atoms with van der Waals surface area (Å²) in [5.41, 5.74) is 0.0251. The van der Waals surface area contributed by atoms with Gasteiger partial charge in [-0.25, -0.2) is 0 Å². The van der Waals surface area contributed by atoms with Crippen LogP contribution >= 0.6 is 0 Å². The third-order valence-electron chi connectivity index (χ3n) is 3.83. The van der Waals surface area contributed by atoms with Gasteiger partial charge in [0, 0.05) is 0 Å². The van der Waals surface area contributed by atoms with E-state index in [1.807, 2.05) is 27.7 Å². The van der Waals surface area contributed by atoms with Crippen molar-refractivity contribution in [2.75, 3.05) is 0 Å². The fourth-order valence-electron chi connectivity index (χ4n) is 2.67. The normalized spacial score (nSPS) is 18.3. The lowest BCUT2D eigenvalue weighted by Crippen LogP contribution is -2.52. The molecule has 0 spiro atoms. The molecule has 0 rings (SSSR count). The van der Waals surface area contributed by atoms with Crippen molar-refractivity contribution in [2.45, 2.75) is 58.6 Å². The van der Waals surface area contributed by atoms with Crippen LogP contribution in [-0.4, -0.2) is 39.9 Å². The van der Waals surface area contributed by atoms with Crippen molar-refractivity contribution >= 4 is 22.1 Å². The first kappa shape index (κ1) is 20.9. The SMILES string of the molecule is CC(CCC(C(=O)O)C(C)(C(=O)O)S(=O)(=O)O)CC(C)(C)C. The lowest BCUT2D eigenvalue weighted by atomic mass is 9.80. The van der Waals surface area contributed by atoms with Gasteiger partial charge in [0.15, 0.2) is 0 Å². The van der Waals surface area contributed by atoms with Crippen molar-refractivity contribution in [2.24, 2.45) is 17.3 Å². The fourth-order valence-corrected chi connectivity index (χ4v) is 3.47. The van der Waals surface area contributed by atoms with E-state index in [0.29, 0.717) is 6.42 Å². The van der Waals surface area contributed by atoms with Crippen molar-refractivity contribution < 1.29 is 32.8 Å². The van der Waals surface area contributed by atoms with Crippen LogP contribution in [0.3, 0.4) is 0 Å². The van der Waals surface area contributed by atoms with Gasteiger partial charge in [0.05, 0.1) is 5.92 Å². The fraction of sp³-hybridized carbons (Fsp3) is 0.857. The number of aliphatic carboxylic acids is 2. The molecule has 0 radical (unpaired) electrons. The summed E-state index contributed by atoms with van der Waals surface area (Å²) in [6, 6.07) is 0. The number of carbonyl (C=O) groups is 2. The molecule has 0 saturated carbocycles. The minimum absolute atomic E-state index is 0.0251. The van der Waals surface area contributed by atoms with E-state index in [1.54, 1.807) is 0 Å². The van der Waals surface area contributed by atoms with Crippen LogP contribution in [0.25, 0.3) is 0 Å². The van der Waals surface area contributed by atoms with E-state index in [2.05, 4.69) is 0 Å². The zero-order chi connectivity index (χ0) is 17.9. The number of hydrogen-bond donors (Lipinski definition) is 3. The zero-order valence-corrected chi connectivity index (χ0v) is 14.5. The third-order valence-corrected chi connectivity index (χ3v) is 5.36. The van der Waals surface area contributed by atoms with Crippen LogP contribution in [0.2, 0.25) is 0 Å². The molecule has 0 aromatic carbocycles. The van der Waals surface area contributed by atoms with Crippen LogP contribution in [-0.2, 0) is 19.7 Å². The summed E-state index contributed by atoms with van der Waals surface area (Å²) in [4.78, 5) is 22.6. The summed E-state index contributed by atoms with van der Waals surface area (Å²) in [5.74, 6) is -5.04. The molecule has 0 aliphatic heterocycles. The number of carboxylic acid groups (broad SMARTS) is 2. The van der Waals surface area contributed by atoms with Crippen molar-refractivity contribution in [1.82, 2.24) is 0 Å². The average Bonchev–Trinajstić information content (AvgIpc) is 2.23. The molecule has 0 aromatic rings. The lowest BCUT2D eigenvalue weighted by molar-refractivity contribution is -0.151. The van der Waals surface area contributed by atoms with Gasteiger partial charge in [-0.05, 0) is 37.5 Å². The van der Waals surface area contributed by atoms with Gasteiger partial charge in [-0.1, -0.05) is 27.7 Å². The Balaban J connectivity index is 5.33. The topological polar surface area (TPSA) is 129 Å². The summed E-state index contributed by atoms with van der Waals surface area (Å²) >= 11 is 0. The molecular weight excluding hydrogens is 312 g/mol. The van der Waals surface area contributed by atoms with E-state index in [4.69, 9.17) is 5.11 Å². The van der Waals surface area contributed by atoms with Crippen molar-refractivity contribution in [1.29, 1.82) is 0 Å². The minimum atomic E-state index is -5.07. The van der Waals surface area contributed by atoms with Crippen LogP contribution in [0.15, 0.2) is 0 Å². The second kappa shape index (κ2) is 6.95. The Morgan fingerprint density at radius 1 is 1.05 bits per heavy atom. The maximum absolute atomic E-state index is 11.4. The van der Waals surface area contributed by atoms with Gasteiger partial charge in [-0.2, -0.15) is 8.42 Å². The van der Waals surface area contributed by atoms with Gasteiger partial charge in [0.1, 0.15) is 0 Å². The summed E-state index contributed by atoms with van der Waals surface area (Å²) < 4.78 is 29.3. The van der Waals surface area contributed by atoms with Crippen molar-refractivity contribution in [3.05, 3.63) is 0 Å². The van der Waals surface area contributed by atoms with E-state index >= 15 is 0 Å². The van der Waals surface area contributed by atoms with Gasteiger partial charge < -0.3 is 10.2 Å². The first-order valence-corrected chi connectivity index (χ1v) is 8.50. The molecule has 130 valence electrons. The molecule has 7 nitrogen and oxygen atoms in total. The van der Waals surface area contributed by atoms with E-state index in [-0.39, 0.29) is 17.8 Å². The molecule has 0 bridgehead atoms. The largest absolute Gasteiger partial charge is 0.481 e. The van der Waals surface area contributed by atoms with Crippen molar-refractivity contribution in [3.8, 4) is 0 Å². The molecule has 3 atom stereocenters. The standard InChI is InChI=1S/C14H26O7S/c1-9(8-13(2,3)4)6-7-10(11(15)16)14(5,12(17)18)22(19,20)21/h9-10H,6-8H2,1-5H3,(H,15,16)(H,17,18)(H,19,20,21). The highest BCUT2D eigenvalue weighted by Crippen LogP contribution is 2.34. The first-order chi connectivity index (χ1) is 9.63. The highest BCUT2D eigenvalue weighted by atomic mass is 32.2. The monoisotopic (exact) mass is 338 g/mol. The molecule has 0 aliphatic carbocycles. The highest BCUT2D eigenvalue weighted by molar-refractivity contribution is 7.88. The Morgan fingerprint density at radius 2 is 1.50 bits per heavy atom. The molecule has 0 fully saturated rings. The molecule has 0 saturated heterocycles. The Kier molecular flexibility index (Phi) is 6.59. The lowest BCUT2D eigenvalue weighted by Gasteiger charge is -2.29. The predicted molar refractivity (Wildman–Crippen MR) is 81.2 cm³/mol. The number of rotatable bonds is 8. The average molecular weight is 338 g/mol.